The first-order valence-corrected chi connectivity index (χ1v) is 8.50. The lowest BCUT2D eigenvalue weighted by Gasteiger charge is -2.26. The zero-order valence-corrected chi connectivity index (χ0v) is 15.7. The summed E-state index contributed by atoms with van der Waals surface area (Å²) in [5, 5.41) is 13.6. The normalized spacial score (nSPS) is 10.9. The second-order valence-electron chi connectivity index (χ2n) is 6.95. The molecule has 27 heavy (non-hydrogen) atoms. The van der Waals surface area contributed by atoms with Crippen molar-refractivity contribution in [3.63, 3.8) is 0 Å². The van der Waals surface area contributed by atoms with Gasteiger partial charge in [0.2, 0.25) is 5.91 Å². The summed E-state index contributed by atoms with van der Waals surface area (Å²) in [5.41, 5.74) is 13.4. The van der Waals surface area contributed by atoms with Crippen molar-refractivity contribution in [3.8, 4) is 0 Å². The predicted molar refractivity (Wildman–Crippen MR) is 107 cm³/mol. The number of benzene rings is 2. The lowest BCUT2D eigenvalue weighted by molar-refractivity contribution is -0.121. The van der Waals surface area contributed by atoms with Gasteiger partial charge in [0.1, 0.15) is 11.4 Å². The van der Waals surface area contributed by atoms with E-state index in [0.29, 0.717) is 16.8 Å². The Bertz CT molecular complexity index is 890. The molecule has 0 spiro atoms. The van der Waals surface area contributed by atoms with E-state index in [4.69, 9.17) is 16.9 Å². The van der Waals surface area contributed by atoms with E-state index in [2.05, 4.69) is 10.6 Å². The lowest BCUT2D eigenvalue weighted by Crippen LogP contribution is -2.45. The van der Waals surface area contributed by atoms with E-state index in [0.717, 1.165) is 11.1 Å². The summed E-state index contributed by atoms with van der Waals surface area (Å²) in [5.74, 6) is -0.815. The Morgan fingerprint density at radius 3 is 2.37 bits per heavy atom. The van der Waals surface area contributed by atoms with Crippen molar-refractivity contribution in [1.29, 1.82) is 5.41 Å². The van der Waals surface area contributed by atoms with Crippen molar-refractivity contribution in [2.24, 2.45) is 11.5 Å². The van der Waals surface area contributed by atoms with E-state index >= 15 is 0 Å². The molecule has 0 aromatic heterocycles. The number of primary amides is 1. The average molecular weight is 367 g/mol. The van der Waals surface area contributed by atoms with Gasteiger partial charge in [0.15, 0.2) is 0 Å². The highest BCUT2D eigenvalue weighted by atomic mass is 16.2. The Labute approximate surface area is 158 Å². The number of amides is 2. The molecule has 0 saturated heterocycles. The Morgan fingerprint density at radius 2 is 1.78 bits per heavy atom. The van der Waals surface area contributed by atoms with E-state index in [1.807, 2.05) is 25.1 Å². The standard InChI is InChI=1S/C20H25N5O2/c1-12-5-4-6-14(9-12)18(26)24-11-15-8-7-13(17(21)22)10-16(15)25-20(2,3)19(23)27/h4-10,25H,11H2,1-3H3,(H3,21,22)(H2,23,27)(H,24,26). The van der Waals surface area contributed by atoms with Crippen molar-refractivity contribution < 1.29 is 9.59 Å². The maximum atomic E-state index is 12.4. The van der Waals surface area contributed by atoms with Crippen LogP contribution in [0, 0.1) is 12.3 Å². The Kier molecular flexibility index (Phi) is 5.85. The minimum absolute atomic E-state index is 0.0923. The second kappa shape index (κ2) is 7.90. The SMILES string of the molecule is Cc1cccc(C(=O)NCc2ccc(C(=N)N)cc2NC(C)(C)C(N)=O)c1. The van der Waals surface area contributed by atoms with Crippen LogP contribution in [-0.4, -0.2) is 23.2 Å². The molecule has 0 aliphatic carbocycles. The van der Waals surface area contributed by atoms with E-state index in [9.17, 15) is 9.59 Å². The quantitative estimate of drug-likeness (QED) is 0.377. The molecule has 7 nitrogen and oxygen atoms in total. The number of hydrogen-bond donors (Lipinski definition) is 5. The van der Waals surface area contributed by atoms with Gasteiger partial charge < -0.3 is 22.1 Å². The van der Waals surface area contributed by atoms with Gasteiger partial charge in [-0.25, -0.2) is 0 Å². The fourth-order valence-corrected chi connectivity index (χ4v) is 2.48. The Balaban J connectivity index is 2.25. The third kappa shape index (κ3) is 5.07. The summed E-state index contributed by atoms with van der Waals surface area (Å²) in [6, 6.07) is 12.4. The van der Waals surface area contributed by atoms with Crippen molar-refractivity contribution in [2.45, 2.75) is 32.9 Å². The van der Waals surface area contributed by atoms with Crippen molar-refractivity contribution in [2.75, 3.05) is 5.32 Å². The molecule has 0 heterocycles. The molecule has 0 aliphatic heterocycles. The number of carbonyl (C=O) groups is 2. The zero-order chi connectivity index (χ0) is 20.2. The molecule has 0 bridgehead atoms. The van der Waals surface area contributed by atoms with E-state index in [1.165, 1.54) is 0 Å². The highest BCUT2D eigenvalue weighted by Gasteiger charge is 2.25. The minimum Gasteiger partial charge on any atom is -0.384 e. The first-order chi connectivity index (χ1) is 12.6. The molecule has 0 radical (unpaired) electrons. The summed E-state index contributed by atoms with van der Waals surface area (Å²) in [6.07, 6.45) is 0. The number of nitrogens with two attached hydrogens (primary N) is 2. The third-order valence-corrected chi connectivity index (χ3v) is 4.20. The lowest BCUT2D eigenvalue weighted by atomic mass is 10.0. The molecule has 2 amide bonds. The van der Waals surface area contributed by atoms with Crippen LogP contribution in [0.15, 0.2) is 42.5 Å². The van der Waals surface area contributed by atoms with E-state index in [1.54, 1.807) is 38.1 Å². The fourth-order valence-electron chi connectivity index (χ4n) is 2.48. The number of nitrogens with one attached hydrogen (secondary N) is 3. The summed E-state index contributed by atoms with van der Waals surface area (Å²) < 4.78 is 0. The second-order valence-corrected chi connectivity index (χ2v) is 6.95. The van der Waals surface area contributed by atoms with Gasteiger partial charge >= 0.3 is 0 Å². The van der Waals surface area contributed by atoms with Gasteiger partial charge in [0, 0.05) is 23.4 Å². The van der Waals surface area contributed by atoms with Crippen LogP contribution in [0.1, 0.15) is 40.9 Å². The molecule has 0 saturated carbocycles. The molecule has 0 fully saturated rings. The first-order valence-electron chi connectivity index (χ1n) is 8.50. The number of amidine groups is 1. The predicted octanol–water partition coefficient (Wildman–Crippen LogP) is 1.88. The average Bonchev–Trinajstić information content (AvgIpc) is 2.59. The molecule has 0 atom stereocenters. The van der Waals surface area contributed by atoms with Crippen LogP contribution >= 0.6 is 0 Å². The van der Waals surface area contributed by atoms with Crippen LogP contribution in [0.5, 0.6) is 0 Å². The Hall–Kier alpha value is -3.35. The van der Waals surface area contributed by atoms with Crippen LogP contribution in [-0.2, 0) is 11.3 Å². The largest absolute Gasteiger partial charge is 0.384 e. The monoisotopic (exact) mass is 367 g/mol. The maximum absolute atomic E-state index is 12.4. The number of rotatable bonds is 7. The topological polar surface area (TPSA) is 134 Å². The molecule has 0 aliphatic rings. The van der Waals surface area contributed by atoms with E-state index in [-0.39, 0.29) is 18.3 Å². The molecule has 0 unspecified atom stereocenters. The smallest absolute Gasteiger partial charge is 0.251 e. The van der Waals surface area contributed by atoms with Crippen LogP contribution < -0.4 is 22.1 Å². The number of anilines is 1. The van der Waals surface area contributed by atoms with Gasteiger partial charge in [0.05, 0.1) is 0 Å². The summed E-state index contributed by atoms with van der Waals surface area (Å²) in [4.78, 5) is 24.1. The molecule has 7 N–H and O–H groups in total. The van der Waals surface area contributed by atoms with Crippen molar-refractivity contribution >= 4 is 23.3 Å². The summed E-state index contributed by atoms with van der Waals surface area (Å²) in [6.45, 7) is 5.48. The van der Waals surface area contributed by atoms with Crippen LogP contribution in [0.2, 0.25) is 0 Å². The number of nitrogen functional groups attached to an aromatic ring is 1. The van der Waals surface area contributed by atoms with Gasteiger partial charge in [-0.2, -0.15) is 0 Å². The highest BCUT2D eigenvalue weighted by molar-refractivity contribution is 5.97. The molecule has 7 heteroatoms. The van der Waals surface area contributed by atoms with Crippen LogP contribution in [0.4, 0.5) is 5.69 Å². The van der Waals surface area contributed by atoms with Crippen molar-refractivity contribution in [3.05, 3.63) is 64.7 Å². The molecule has 2 rings (SSSR count). The summed E-state index contributed by atoms with van der Waals surface area (Å²) >= 11 is 0. The molecule has 142 valence electrons. The third-order valence-electron chi connectivity index (χ3n) is 4.20. The number of carbonyl (C=O) groups excluding carboxylic acids is 2. The molecule has 2 aromatic rings. The number of aryl methyl sites for hydroxylation is 1. The summed E-state index contributed by atoms with van der Waals surface area (Å²) in [7, 11) is 0. The van der Waals surface area contributed by atoms with Crippen LogP contribution in [0.3, 0.4) is 0 Å². The van der Waals surface area contributed by atoms with Gasteiger partial charge in [-0.3, -0.25) is 15.0 Å². The van der Waals surface area contributed by atoms with Crippen molar-refractivity contribution in [1.82, 2.24) is 5.32 Å². The van der Waals surface area contributed by atoms with Crippen LogP contribution in [0.25, 0.3) is 0 Å². The van der Waals surface area contributed by atoms with Gasteiger partial charge in [-0.15, -0.1) is 0 Å². The molecular formula is C20H25N5O2. The van der Waals surface area contributed by atoms with E-state index < -0.39 is 11.4 Å². The van der Waals surface area contributed by atoms with Gasteiger partial charge in [-0.1, -0.05) is 29.8 Å². The minimum atomic E-state index is -1.01. The maximum Gasteiger partial charge on any atom is 0.251 e. The van der Waals surface area contributed by atoms with Gasteiger partial charge in [0.25, 0.3) is 5.91 Å². The molecule has 2 aromatic carbocycles. The fraction of sp³-hybridized carbons (Fsp3) is 0.250. The Morgan fingerprint density at radius 1 is 1.07 bits per heavy atom. The highest BCUT2D eigenvalue weighted by Crippen LogP contribution is 2.22. The molecular weight excluding hydrogens is 342 g/mol. The number of hydrogen-bond acceptors (Lipinski definition) is 4. The first kappa shape index (κ1) is 20.0. The zero-order valence-electron chi connectivity index (χ0n) is 15.7. The van der Waals surface area contributed by atoms with Gasteiger partial charge in [-0.05, 0) is 44.5 Å².